The Bertz CT molecular complexity index is 87.2. The normalized spacial score (nSPS) is 36.7. The summed E-state index contributed by atoms with van der Waals surface area (Å²) >= 11 is 0. The van der Waals surface area contributed by atoms with Crippen LogP contribution >= 0.6 is 0 Å². The van der Waals surface area contributed by atoms with E-state index in [1.54, 1.807) is 0 Å². The van der Waals surface area contributed by atoms with Crippen LogP contribution in [0.4, 0.5) is 0 Å². The van der Waals surface area contributed by atoms with E-state index in [2.05, 4.69) is 10.6 Å². The van der Waals surface area contributed by atoms with E-state index in [0.29, 0.717) is 6.04 Å². The van der Waals surface area contributed by atoms with Gasteiger partial charge in [-0.25, -0.2) is 0 Å². The maximum atomic E-state index is 5.30. The maximum absolute atomic E-state index is 5.30. The van der Waals surface area contributed by atoms with Gasteiger partial charge in [0.2, 0.25) is 0 Å². The van der Waals surface area contributed by atoms with Crippen LogP contribution < -0.4 is 10.6 Å². The van der Waals surface area contributed by atoms with Crippen molar-refractivity contribution in [2.24, 2.45) is 0 Å². The number of hydrogen-bond donors (Lipinski definition) is 2. The predicted molar refractivity (Wildman–Crippen MR) is 33.9 cm³/mol. The molecule has 2 N–H and O–H groups in total. The molecule has 2 fully saturated rings. The van der Waals surface area contributed by atoms with Crippen LogP contribution in [0, 0.1) is 6.04 Å². The molecular formula is C6H11N2O. The van der Waals surface area contributed by atoms with Crippen molar-refractivity contribution < 1.29 is 4.74 Å². The molecule has 2 heterocycles. The summed E-state index contributed by atoms with van der Waals surface area (Å²) < 4.78 is 5.30. The lowest BCUT2D eigenvalue weighted by atomic mass is 10.1. The van der Waals surface area contributed by atoms with Gasteiger partial charge in [-0.15, -0.1) is 0 Å². The minimum Gasteiger partial charge on any atom is -0.378 e. The molecular weight excluding hydrogens is 116 g/mol. The molecule has 9 heavy (non-hydrogen) atoms. The lowest BCUT2D eigenvalue weighted by molar-refractivity contribution is 0.0649. The molecule has 0 aromatic carbocycles. The smallest absolute Gasteiger partial charge is 0.0765 e. The van der Waals surface area contributed by atoms with Crippen molar-refractivity contribution in [3.8, 4) is 0 Å². The largest absolute Gasteiger partial charge is 0.378 e. The van der Waals surface area contributed by atoms with Crippen molar-refractivity contribution in [1.29, 1.82) is 0 Å². The highest BCUT2D eigenvalue weighted by Crippen LogP contribution is 2.07. The highest BCUT2D eigenvalue weighted by atomic mass is 16.5. The average Bonchev–Trinajstić information content (AvgIpc) is 1.88. The van der Waals surface area contributed by atoms with Crippen molar-refractivity contribution in [2.45, 2.75) is 6.04 Å². The molecule has 51 valence electrons. The fourth-order valence-electron chi connectivity index (χ4n) is 1.31. The second-order valence-electron chi connectivity index (χ2n) is 2.59. The third kappa shape index (κ3) is 1.08. The van der Waals surface area contributed by atoms with Gasteiger partial charge in [-0.2, -0.15) is 0 Å². The van der Waals surface area contributed by atoms with Crippen LogP contribution in [0.5, 0.6) is 0 Å². The van der Waals surface area contributed by atoms with Gasteiger partial charge < -0.3 is 15.4 Å². The standard InChI is InChI=1S/C6H11N2O/c1-5-3-9-4-6(8-5)2-7-1/h5,7-8H,1-4H2. The third-order valence-electron chi connectivity index (χ3n) is 1.73. The van der Waals surface area contributed by atoms with Crippen LogP contribution in [-0.2, 0) is 4.74 Å². The van der Waals surface area contributed by atoms with Crippen molar-refractivity contribution in [3.05, 3.63) is 6.04 Å². The Morgan fingerprint density at radius 3 is 3.33 bits per heavy atom. The molecule has 0 amide bonds. The highest BCUT2D eigenvalue weighted by Gasteiger charge is 2.25. The van der Waals surface area contributed by atoms with Gasteiger partial charge in [0.25, 0.3) is 0 Å². The molecule has 0 aromatic rings. The summed E-state index contributed by atoms with van der Waals surface area (Å²) in [7, 11) is 0. The number of rotatable bonds is 0. The number of morpholine rings is 1. The first kappa shape index (κ1) is 5.65. The summed E-state index contributed by atoms with van der Waals surface area (Å²) in [6.45, 7) is 3.68. The van der Waals surface area contributed by atoms with Crippen molar-refractivity contribution in [3.63, 3.8) is 0 Å². The Hall–Kier alpha value is -0.120. The molecule has 0 aromatic heterocycles. The Kier molecular flexibility index (Phi) is 1.41. The molecule has 0 aliphatic carbocycles. The summed E-state index contributed by atoms with van der Waals surface area (Å²) in [6, 6.07) is 1.83. The zero-order valence-corrected chi connectivity index (χ0v) is 5.31. The Balaban J connectivity index is 1.96. The van der Waals surface area contributed by atoms with Gasteiger partial charge in [0.1, 0.15) is 0 Å². The predicted octanol–water partition coefficient (Wildman–Crippen LogP) is -0.890. The first-order chi connectivity index (χ1) is 4.45. The van der Waals surface area contributed by atoms with Crippen molar-refractivity contribution in [1.82, 2.24) is 10.6 Å². The summed E-state index contributed by atoms with van der Waals surface area (Å²) in [6.07, 6.45) is 0. The minimum atomic E-state index is 0.530. The van der Waals surface area contributed by atoms with Crippen LogP contribution in [0.1, 0.15) is 0 Å². The summed E-state index contributed by atoms with van der Waals surface area (Å²) in [5.74, 6) is 0. The first-order valence-corrected chi connectivity index (χ1v) is 3.35. The maximum Gasteiger partial charge on any atom is 0.0765 e. The molecule has 2 rings (SSSR count). The lowest BCUT2D eigenvalue weighted by Crippen LogP contribution is -2.57. The van der Waals surface area contributed by atoms with E-state index >= 15 is 0 Å². The second-order valence-corrected chi connectivity index (χ2v) is 2.59. The molecule has 2 aliphatic heterocycles. The van der Waals surface area contributed by atoms with E-state index in [9.17, 15) is 0 Å². The van der Waals surface area contributed by atoms with Crippen LogP contribution in [0.15, 0.2) is 0 Å². The Morgan fingerprint density at radius 1 is 1.56 bits per heavy atom. The molecule has 2 aliphatic rings. The molecule has 1 radical (unpaired) electrons. The fourth-order valence-corrected chi connectivity index (χ4v) is 1.31. The average molecular weight is 127 g/mol. The summed E-state index contributed by atoms with van der Waals surface area (Å²) in [5, 5.41) is 6.69. The summed E-state index contributed by atoms with van der Waals surface area (Å²) in [4.78, 5) is 0. The Labute approximate surface area is 54.8 Å². The molecule has 3 heteroatoms. The van der Waals surface area contributed by atoms with E-state index in [1.807, 2.05) is 0 Å². The zero-order valence-electron chi connectivity index (χ0n) is 5.31. The fraction of sp³-hybridized carbons (Fsp3) is 0.833. The molecule has 0 spiro atoms. The van der Waals surface area contributed by atoms with Crippen LogP contribution in [0.3, 0.4) is 0 Å². The molecule has 1 unspecified atom stereocenters. The van der Waals surface area contributed by atoms with Gasteiger partial charge in [0, 0.05) is 19.1 Å². The summed E-state index contributed by atoms with van der Waals surface area (Å²) in [5.41, 5.74) is 0. The van der Waals surface area contributed by atoms with E-state index in [4.69, 9.17) is 4.74 Å². The number of ether oxygens (including phenoxy) is 1. The van der Waals surface area contributed by atoms with Gasteiger partial charge in [-0.3, -0.25) is 0 Å². The Morgan fingerprint density at radius 2 is 2.56 bits per heavy atom. The van der Waals surface area contributed by atoms with Gasteiger partial charge in [-0.1, -0.05) is 0 Å². The molecule has 2 bridgehead atoms. The van der Waals surface area contributed by atoms with Gasteiger partial charge in [0.05, 0.1) is 19.3 Å². The quantitative estimate of drug-likeness (QED) is 0.443. The van der Waals surface area contributed by atoms with Gasteiger partial charge in [0.15, 0.2) is 0 Å². The molecule has 3 nitrogen and oxygen atoms in total. The lowest BCUT2D eigenvalue weighted by Gasteiger charge is -2.35. The number of hydrogen-bond acceptors (Lipinski definition) is 3. The topological polar surface area (TPSA) is 33.3 Å². The number of fused-ring (bicyclic) bond motifs is 2. The van der Waals surface area contributed by atoms with E-state index in [0.717, 1.165) is 26.3 Å². The first-order valence-electron chi connectivity index (χ1n) is 3.35. The van der Waals surface area contributed by atoms with Crippen LogP contribution in [-0.4, -0.2) is 32.3 Å². The third-order valence-corrected chi connectivity index (χ3v) is 1.73. The second kappa shape index (κ2) is 2.25. The van der Waals surface area contributed by atoms with Crippen molar-refractivity contribution >= 4 is 0 Å². The number of nitrogens with one attached hydrogen (secondary N) is 2. The monoisotopic (exact) mass is 127 g/mol. The zero-order chi connectivity index (χ0) is 6.10. The van der Waals surface area contributed by atoms with E-state index < -0.39 is 0 Å². The molecule has 0 saturated carbocycles. The molecule has 1 atom stereocenters. The van der Waals surface area contributed by atoms with Crippen LogP contribution in [0.25, 0.3) is 0 Å². The van der Waals surface area contributed by atoms with E-state index in [-0.39, 0.29) is 0 Å². The molecule has 2 saturated heterocycles. The highest BCUT2D eigenvalue weighted by molar-refractivity contribution is 4.99. The van der Waals surface area contributed by atoms with Crippen LogP contribution in [0.2, 0.25) is 0 Å². The van der Waals surface area contributed by atoms with Crippen molar-refractivity contribution in [2.75, 3.05) is 26.3 Å². The van der Waals surface area contributed by atoms with Gasteiger partial charge >= 0.3 is 0 Å². The van der Waals surface area contributed by atoms with Gasteiger partial charge in [-0.05, 0) is 0 Å². The minimum absolute atomic E-state index is 0.530. The number of piperazine rings is 1. The SMILES string of the molecule is C1NCC2COC[C]1N2. The van der Waals surface area contributed by atoms with E-state index in [1.165, 1.54) is 6.04 Å².